The predicted octanol–water partition coefficient (Wildman–Crippen LogP) is 3.28. The Hall–Kier alpha value is -1.99. The Bertz CT molecular complexity index is 827. The topological polar surface area (TPSA) is 62.7 Å². The molecule has 2 aliphatic rings. The second-order valence-electron chi connectivity index (χ2n) is 8.00. The molecular weight excluding hydrogens is 386 g/mol. The molecule has 0 radical (unpaired) electrons. The number of fused-ring (bicyclic) bond motifs is 1. The highest BCUT2D eigenvalue weighted by Crippen LogP contribution is 2.33. The van der Waals surface area contributed by atoms with Crippen molar-refractivity contribution in [3.63, 3.8) is 0 Å². The highest BCUT2D eigenvalue weighted by atomic mass is 32.1. The zero-order chi connectivity index (χ0) is 20.2. The van der Waals surface area contributed by atoms with Crippen LogP contribution in [0.15, 0.2) is 24.3 Å². The van der Waals surface area contributed by atoms with E-state index in [-0.39, 0.29) is 17.8 Å². The van der Waals surface area contributed by atoms with E-state index in [0.29, 0.717) is 19.1 Å². The van der Waals surface area contributed by atoms with Gasteiger partial charge < -0.3 is 9.64 Å². The van der Waals surface area contributed by atoms with E-state index in [1.807, 2.05) is 24.0 Å². The van der Waals surface area contributed by atoms with E-state index in [2.05, 4.69) is 17.0 Å². The number of benzene rings is 1. The minimum atomic E-state index is -0.0896. The lowest BCUT2D eigenvalue weighted by Gasteiger charge is -2.35. The summed E-state index contributed by atoms with van der Waals surface area (Å²) in [6.45, 7) is 5.88. The summed E-state index contributed by atoms with van der Waals surface area (Å²) in [5.41, 5.74) is 1.06. The van der Waals surface area contributed by atoms with Crippen molar-refractivity contribution in [3.05, 3.63) is 29.3 Å². The second-order valence-corrected chi connectivity index (χ2v) is 9.06. The molecule has 0 N–H and O–H groups in total. The van der Waals surface area contributed by atoms with E-state index >= 15 is 0 Å². The molecule has 0 unspecified atom stereocenters. The van der Waals surface area contributed by atoms with E-state index in [9.17, 15) is 9.59 Å². The van der Waals surface area contributed by atoms with Crippen LogP contribution in [0.1, 0.15) is 43.5 Å². The number of hydrogen-bond acceptors (Lipinski definition) is 6. The first kappa shape index (κ1) is 20.3. The molecular formula is C22H29N3O3S. The lowest BCUT2D eigenvalue weighted by Crippen LogP contribution is -2.47. The Morgan fingerprint density at radius 1 is 1.17 bits per heavy atom. The molecule has 0 spiro atoms. The molecule has 0 aliphatic carbocycles. The molecule has 2 aromatic rings. The second kappa shape index (κ2) is 9.22. The molecule has 1 atom stereocenters. The van der Waals surface area contributed by atoms with Gasteiger partial charge in [-0.3, -0.25) is 14.5 Å². The van der Waals surface area contributed by atoms with Crippen molar-refractivity contribution in [1.29, 1.82) is 0 Å². The summed E-state index contributed by atoms with van der Waals surface area (Å²) >= 11 is 1.76. The lowest BCUT2D eigenvalue weighted by molar-refractivity contribution is -0.149. The molecule has 0 saturated carbocycles. The van der Waals surface area contributed by atoms with Gasteiger partial charge in [0, 0.05) is 19.0 Å². The molecule has 3 heterocycles. The fourth-order valence-corrected chi connectivity index (χ4v) is 5.44. The van der Waals surface area contributed by atoms with Crippen LogP contribution in [0, 0.1) is 5.92 Å². The number of aromatic nitrogens is 1. The Morgan fingerprint density at radius 3 is 2.72 bits per heavy atom. The first-order chi connectivity index (χ1) is 14.1. The molecule has 1 amide bonds. The number of hydrogen-bond donors (Lipinski definition) is 0. The summed E-state index contributed by atoms with van der Waals surface area (Å²) in [4.78, 5) is 33.8. The van der Waals surface area contributed by atoms with Crippen molar-refractivity contribution < 1.29 is 14.3 Å². The SMILES string of the molecule is CCOC(=O)C1CCN(CC(=O)N2CCC[C@@H](c3nc4ccccc4s3)C2)CC1. The maximum Gasteiger partial charge on any atom is 0.309 e. The van der Waals surface area contributed by atoms with Crippen LogP contribution in [0.3, 0.4) is 0 Å². The highest BCUT2D eigenvalue weighted by molar-refractivity contribution is 7.18. The van der Waals surface area contributed by atoms with Crippen molar-refractivity contribution in [2.24, 2.45) is 5.92 Å². The summed E-state index contributed by atoms with van der Waals surface area (Å²) in [6.07, 6.45) is 3.67. The summed E-state index contributed by atoms with van der Waals surface area (Å²) in [5.74, 6) is 0.429. The fraction of sp³-hybridized carbons (Fsp3) is 0.591. The molecule has 6 nitrogen and oxygen atoms in total. The molecule has 7 heteroatoms. The van der Waals surface area contributed by atoms with Crippen LogP contribution in [0.4, 0.5) is 0 Å². The van der Waals surface area contributed by atoms with Gasteiger partial charge in [-0.1, -0.05) is 12.1 Å². The Labute approximate surface area is 175 Å². The third-order valence-corrected chi connectivity index (χ3v) is 7.20. The smallest absolute Gasteiger partial charge is 0.309 e. The van der Waals surface area contributed by atoms with E-state index in [0.717, 1.165) is 62.4 Å². The number of amides is 1. The van der Waals surface area contributed by atoms with E-state index in [4.69, 9.17) is 9.72 Å². The van der Waals surface area contributed by atoms with Crippen LogP contribution < -0.4 is 0 Å². The number of esters is 1. The molecule has 1 aromatic carbocycles. The number of likely N-dealkylation sites (tertiary alicyclic amines) is 2. The minimum absolute atomic E-state index is 0.0142. The average molecular weight is 416 g/mol. The van der Waals surface area contributed by atoms with Gasteiger partial charge in [0.05, 0.1) is 34.3 Å². The Balaban J connectivity index is 1.30. The molecule has 156 valence electrons. The number of piperidine rings is 2. The van der Waals surface area contributed by atoms with Crippen molar-refractivity contribution in [3.8, 4) is 0 Å². The monoisotopic (exact) mass is 415 g/mol. The minimum Gasteiger partial charge on any atom is -0.466 e. The summed E-state index contributed by atoms with van der Waals surface area (Å²) in [6, 6.07) is 8.24. The van der Waals surface area contributed by atoms with Gasteiger partial charge in [0.25, 0.3) is 0 Å². The molecule has 2 saturated heterocycles. The third kappa shape index (κ3) is 4.78. The zero-order valence-corrected chi connectivity index (χ0v) is 17.8. The quantitative estimate of drug-likeness (QED) is 0.702. The Kier molecular flexibility index (Phi) is 6.45. The van der Waals surface area contributed by atoms with Gasteiger partial charge >= 0.3 is 5.97 Å². The number of nitrogens with zero attached hydrogens (tertiary/aromatic N) is 3. The molecule has 29 heavy (non-hydrogen) atoms. The predicted molar refractivity (Wildman–Crippen MR) is 114 cm³/mol. The van der Waals surface area contributed by atoms with Crippen molar-refractivity contribution >= 4 is 33.4 Å². The van der Waals surface area contributed by atoms with Crippen LogP contribution in [-0.2, 0) is 14.3 Å². The molecule has 2 fully saturated rings. The van der Waals surface area contributed by atoms with Crippen molar-refractivity contribution in [2.75, 3.05) is 39.3 Å². The number of thiazole rings is 1. The fourth-order valence-electron chi connectivity index (χ4n) is 4.35. The van der Waals surface area contributed by atoms with E-state index in [1.54, 1.807) is 11.3 Å². The maximum absolute atomic E-state index is 12.9. The maximum atomic E-state index is 12.9. The summed E-state index contributed by atoms with van der Waals surface area (Å²) < 4.78 is 6.35. The number of carbonyl (C=O) groups is 2. The lowest BCUT2D eigenvalue weighted by atomic mass is 9.96. The molecule has 0 bridgehead atoms. The van der Waals surface area contributed by atoms with Crippen LogP contribution in [0.5, 0.6) is 0 Å². The van der Waals surface area contributed by atoms with Crippen molar-refractivity contribution in [1.82, 2.24) is 14.8 Å². The molecule has 1 aromatic heterocycles. The normalized spacial score (nSPS) is 21.4. The van der Waals surface area contributed by atoms with Gasteiger partial charge in [0.1, 0.15) is 0 Å². The number of para-hydroxylation sites is 1. The van der Waals surface area contributed by atoms with Crippen LogP contribution in [-0.4, -0.2) is 66.0 Å². The first-order valence-electron chi connectivity index (χ1n) is 10.7. The van der Waals surface area contributed by atoms with Gasteiger partial charge in [-0.15, -0.1) is 11.3 Å². The van der Waals surface area contributed by atoms with E-state index < -0.39 is 0 Å². The van der Waals surface area contributed by atoms with Gasteiger partial charge in [0.15, 0.2) is 0 Å². The number of ether oxygens (including phenoxy) is 1. The molecule has 2 aliphatic heterocycles. The number of rotatable bonds is 5. The van der Waals surface area contributed by atoms with Crippen LogP contribution in [0.2, 0.25) is 0 Å². The third-order valence-electron chi connectivity index (χ3n) is 6.00. The van der Waals surface area contributed by atoms with Gasteiger partial charge in [-0.05, 0) is 57.8 Å². The van der Waals surface area contributed by atoms with Gasteiger partial charge in [-0.25, -0.2) is 4.98 Å². The zero-order valence-electron chi connectivity index (χ0n) is 17.0. The standard InChI is InChI=1S/C22H29N3O3S/c1-2-28-22(27)16-9-12-24(13-10-16)15-20(26)25-11-5-6-17(14-25)21-23-18-7-3-4-8-19(18)29-21/h3-4,7-8,16-17H,2,5-6,9-15H2,1H3/t17-/m1/s1. The molecule has 4 rings (SSSR count). The van der Waals surface area contributed by atoms with Gasteiger partial charge in [0.2, 0.25) is 5.91 Å². The van der Waals surface area contributed by atoms with E-state index in [1.165, 1.54) is 4.70 Å². The van der Waals surface area contributed by atoms with Crippen molar-refractivity contribution in [2.45, 2.75) is 38.5 Å². The summed E-state index contributed by atoms with van der Waals surface area (Å²) in [7, 11) is 0. The largest absolute Gasteiger partial charge is 0.466 e. The van der Waals surface area contributed by atoms with Crippen LogP contribution >= 0.6 is 11.3 Å². The van der Waals surface area contributed by atoms with Gasteiger partial charge in [-0.2, -0.15) is 0 Å². The average Bonchev–Trinajstić information content (AvgIpc) is 3.19. The highest BCUT2D eigenvalue weighted by Gasteiger charge is 2.30. The van der Waals surface area contributed by atoms with Crippen LogP contribution in [0.25, 0.3) is 10.2 Å². The summed E-state index contributed by atoms with van der Waals surface area (Å²) in [5, 5.41) is 1.15. The first-order valence-corrected chi connectivity index (χ1v) is 11.5. The Morgan fingerprint density at radius 2 is 1.97 bits per heavy atom. The number of carbonyl (C=O) groups excluding carboxylic acids is 2.